The zero-order chi connectivity index (χ0) is 16.1. The van der Waals surface area contributed by atoms with Gasteiger partial charge in [-0.2, -0.15) is 0 Å². The van der Waals surface area contributed by atoms with Gasteiger partial charge in [-0.15, -0.1) is 0 Å². The second-order valence-corrected chi connectivity index (χ2v) is 5.07. The normalized spacial score (nSPS) is 13.4. The summed E-state index contributed by atoms with van der Waals surface area (Å²) in [6.07, 6.45) is 6.66. The van der Waals surface area contributed by atoms with Crippen LogP contribution >= 0.6 is 0 Å². The van der Waals surface area contributed by atoms with Crippen molar-refractivity contribution in [1.82, 2.24) is 4.90 Å². The van der Waals surface area contributed by atoms with Gasteiger partial charge in [0.15, 0.2) is 0 Å². The van der Waals surface area contributed by atoms with E-state index in [0.29, 0.717) is 13.0 Å². The molecule has 0 aliphatic carbocycles. The summed E-state index contributed by atoms with van der Waals surface area (Å²) in [5, 5.41) is 29.6. The van der Waals surface area contributed by atoms with E-state index in [4.69, 9.17) is 5.11 Å². The molecule has 6 nitrogen and oxygen atoms in total. The third kappa shape index (κ3) is 15.6. The first kappa shape index (κ1) is 23.5. The van der Waals surface area contributed by atoms with Crippen molar-refractivity contribution in [3.63, 3.8) is 0 Å². The Kier molecular flexibility index (Phi) is 16.1. The van der Waals surface area contributed by atoms with Gasteiger partial charge in [-0.25, -0.2) is 0 Å². The maximum absolute atomic E-state index is 11.5. The molecule has 0 aliphatic rings. The van der Waals surface area contributed by atoms with E-state index in [1.54, 1.807) is 11.8 Å². The Morgan fingerprint density at radius 2 is 2.09 bits per heavy atom. The van der Waals surface area contributed by atoms with E-state index in [-0.39, 0.29) is 44.4 Å². The van der Waals surface area contributed by atoms with Gasteiger partial charge in [0, 0.05) is 13.1 Å². The van der Waals surface area contributed by atoms with E-state index >= 15 is 0 Å². The molecule has 0 amide bonds. The van der Waals surface area contributed by atoms with Crippen LogP contribution in [0.15, 0.2) is 17.1 Å². The van der Waals surface area contributed by atoms with Gasteiger partial charge in [-0.1, -0.05) is 12.2 Å². The Labute approximate surface area is 145 Å². The maximum Gasteiger partial charge on any atom is 1.00 e. The topological polar surface area (TPSA) is 96.2 Å². The fourth-order valence-electron chi connectivity index (χ4n) is 1.90. The minimum atomic E-state index is -0.953. The smallest absolute Gasteiger partial charge is 0.862 e. The Balaban J connectivity index is 0. The number of rotatable bonds is 12. The molecule has 0 aliphatic heterocycles. The molecule has 1 unspecified atom stereocenters. The standard InChI is InChI=1S/C15H28N2O4.Li/c1-3-4-5-6-7-8-14(19)16-9-10-17(11-13(2)18)12-15(20)21;/h3-4,13,18H,5-12H2,1-2H3,(H,16,19)(H,20,21);/q;+1/p-1/b4-3+;. The molecule has 0 radical (unpaired) electrons. The zero-order valence-corrected chi connectivity index (χ0v) is 14.0. The van der Waals surface area contributed by atoms with Crippen LogP contribution in [-0.2, 0) is 4.79 Å². The van der Waals surface area contributed by atoms with Gasteiger partial charge < -0.3 is 20.3 Å². The van der Waals surface area contributed by atoms with E-state index in [9.17, 15) is 15.0 Å². The Bertz CT molecular complexity index is 346. The van der Waals surface area contributed by atoms with E-state index < -0.39 is 12.1 Å². The van der Waals surface area contributed by atoms with Crippen molar-refractivity contribution in [2.24, 2.45) is 4.99 Å². The predicted octanol–water partition coefficient (Wildman–Crippen LogP) is -2.35. The molecule has 1 atom stereocenters. The summed E-state index contributed by atoms with van der Waals surface area (Å²) in [5.74, 6) is -1.09. The van der Waals surface area contributed by atoms with Gasteiger partial charge in [0.25, 0.3) is 0 Å². The summed E-state index contributed by atoms with van der Waals surface area (Å²) in [7, 11) is 0. The number of carbonyl (C=O) groups is 1. The first-order valence-electron chi connectivity index (χ1n) is 7.39. The first-order valence-corrected chi connectivity index (χ1v) is 7.39. The van der Waals surface area contributed by atoms with Crippen LogP contribution in [0.4, 0.5) is 0 Å². The van der Waals surface area contributed by atoms with Crippen LogP contribution in [0.25, 0.3) is 0 Å². The number of hydrogen-bond donors (Lipinski definition) is 2. The molecule has 0 heterocycles. The third-order valence-electron chi connectivity index (χ3n) is 2.83. The van der Waals surface area contributed by atoms with E-state index in [1.807, 2.05) is 13.0 Å². The van der Waals surface area contributed by atoms with Crippen molar-refractivity contribution >= 4 is 11.9 Å². The number of hydrogen-bond acceptors (Lipinski definition) is 5. The summed E-state index contributed by atoms with van der Waals surface area (Å²) >= 11 is 0. The number of unbranched alkanes of at least 4 members (excludes halogenated alkanes) is 2. The average Bonchev–Trinajstić information content (AvgIpc) is 2.37. The number of aliphatic hydroxyl groups is 1. The number of aliphatic carboxylic acids is 1. The summed E-state index contributed by atoms with van der Waals surface area (Å²) in [6, 6.07) is 0. The van der Waals surface area contributed by atoms with Crippen LogP contribution in [0.2, 0.25) is 0 Å². The monoisotopic (exact) mass is 306 g/mol. The summed E-state index contributed by atoms with van der Waals surface area (Å²) in [6.45, 7) is 4.31. The summed E-state index contributed by atoms with van der Waals surface area (Å²) in [5.41, 5.74) is 0. The number of nitrogens with zero attached hydrogens (tertiary/aromatic N) is 2. The van der Waals surface area contributed by atoms with Crippen LogP contribution in [0.3, 0.4) is 0 Å². The number of aliphatic hydroxyl groups excluding tert-OH is 1. The maximum atomic E-state index is 11.5. The number of carboxylic acid groups (broad SMARTS) is 1. The van der Waals surface area contributed by atoms with Gasteiger partial charge in [0.05, 0.1) is 19.2 Å². The van der Waals surface area contributed by atoms with Crippen LogP contribution in [0.5, 0.6) is 0 Å². The van der Waals surface area contributed by atoms with Crippen molar-refractivity contribution in [1.29, 1.82) is 0 Å². The molecule has 0 fully saturated rings. The molecule has 0 rings (SSSR count). The number of aliphatic imine (C=N–C) groups is 1. The molecule has 0 bridgehead atoms. The fraction of sp³-hybridized carbons (Fsp3) is 0.733. The molecular formula is C15H27LiN2O4. The van der Waals surface area contributed by atoms with Gasteiger partial charge >= 0.3 is 24.8 Å². The van der Waals surface area contributed by atoms with Gasteiger partial charge in [0.1, 0.15) is 0 Å². The molecule has 0 aromatic heterocycles. The van der Waals surface area contributed by atoms with Crippen molar-refractivity contribution in [2.45, 2.75) is 45.6 Å². The quantitative estimate of drug-likeness (QED) is 0.138. The van der Waals surface area contributed by atoms with Crippen molar-refractivity contribution in [3.8, 4) is 0 Å². The van der Waals surface area contributed by atoms with Crippen LogP contribution < -0.4 is 24.0 Å². The Hall–Kier alpha value is -0.803. The summed E-state index contributed by atoms with van der Waals surface area (Å²) < 4.78 is 0. The Morgan fingerprint density at radius 1 is 1.41 bits per heavy atom. The molecule has 0 aromatic carbocycles. The Morgan fingerprint density at radius 3 is 2.64 bits per heavy atom. The zero-order valence-electron chi connectivity index (χ0n) is 14.0. The second kappa shape index (κ2) is 15.1. The minimum absolute atomic E-state index is 0. The van der Waals surface area contributed by atoms with E-state index in [1.165, 1.54) is 0 Å². The first-order chi connectivity index (χ1) is 9.95. The fourth-order valence-corrected chi connectivity index (χ4v) is 1.90. The van der Waals surface area contributed by atoms with Gasteiger partial charge in [-0.3, -0.25) is 9.69 Å². The van der Waals surface area contributed by atoms with Crippen LogP contribution in [0.1, 0.15) is 39.5 Å². The SMILES string of the molecule is C/C=C/CCCCC([O-])=NCCN(CC(=O)O)CC(C)O.[Li+]. The van der Waals surface area contributed by atoms with E-state index in [2.05, 4.69) is 11.1 Å². The molecule has 7 heteroatoms. The molecule has 0 saturated carbocycles. The molecular weight excluding hydrogens is 279 g/mol. The molecule has 0 aromatic rings. The number of carboxylic acids is 1. The van der Waals surface area contributed by atoms with E-state index in [0.717, 1.165) is 19.3 Å². The van der Waals surface area contributed by atoms with Crippen molar-refractivity contribution in [2.75, 3.05) is 26.2 Å². The largest absolute Gasteiger partial charge is 1.00 e. The van der Waals surface area contributed by atoms with Gasteiger partial charge in [0.2, 0.25) is 0 Å². The summed E-state index contributed by atoms with van der Waals surface area (Å²) in [4.78, 5) is 16.2. The predicted molar refractivity (Wildman–Crippen MR) is 81.3 cm³/mol. The van der Waals surface area contributed by atoms with Crippen molar-refractivity contribution < 1.29 is 39.0 Å². The third-order valence-corrected chi connectivity index (χ3v) is 2.83. The molecule has 22 heavy (non-hydrogen) atoms. The molecule has 0 spiro atoms. The van der Waals surface area contributed by atoms with Crippen molar-refractivity contribution in [3.05, 3.63) is 12.2 Å². The van der Waals surface area contributed by atoms with Crippen LogP contribution in [0, 0.1) is 0 Å². The van der Waals surface area contributed by atoms with Gasteiger partial charge in [-0.05, 0) is 45.4 Å². The second-order valence-electron chi connectivity index (χ2n) is 5.07. The molecule has 2 N–H and O–H groups in total. The number of allylic oxidation sites excluding steroid dienone is 2. The average molecular weight is 306 g/mol. The molecule has 122 valence electrons. The molecule has 0 saturated heterocycles. The van der Waals surface area contributed by atoms with Crippen LogP contribution in [-0.4, -0.2) is 59.3 Å². The minimum Gasteiger partial charge on any atom is -0.862 e.